The summed E-state index contributed by atoms with van der Waals surface area (Å²) in [4.78, 5) is 0. The standard InChI is InChI=1S/C21H15F2N3S/c22-18-12-6-4-10-16(18)14-27-26-21(15-8-2-1-3-9-15)20(24-25-26)17-11-5-7-13-19(17)23/h1-13H,14H2. The molecule has 0 N–H and O–H groups in total. The average Bonchev–Trinajstić information content (AvgIpc) is 3.12. The molecule has 27 heavy (non-hydrogen) atoms. The van der Waals surface area contributed by atoms with Crippen molar-refractivity contribution < 1.29 is 8.78 Å². The van der Waals surface area contributed by atoms with Crippen LogP contribution in [0.5, 0.6) is 0 Å². The number of hydrogen-bond acceptors (Lipinski definition) is 3. The Morgan fingerprint density at radius 2 is 1.44 bits per heavy atom. The Morgan fingerprint density at radius 1 is 0.778 bits per heavy atom. The van der Waals surface area contributed by atoms with Crippen LogP contribution in [0.25, 0.3) is 22.5 Å². The van der Waals surface area contributed by atoms with Gasteiger partial charge in [-0.05, 0) is 35.7 Å². The molecule has 6 heteroatoms. The van der Waals surface area contributed by atoms with E-state index in [2.05, 4.69) is 10.3 Å². The van der Waals surface area contributed by atoms with Crippen LogP contribution in [0.15, 0.2) is 78.9 Å². The van der Waals surface area contributed by atoms with Crippen LogP contribution in [0.1, 0.15) is 5.56 Å². The number of rotatable bonds is 5. The molecule has 0 spiro atoms. The van der Waals surface area contributed by atoms with Gasteiger partial charge in [0.1, 0.15) is 23.0 Å². The fourth-order valence-electron chi connectivity index (χ4n) is 2.78. The summed E-state index contributed by atoms with van der Waals surface area (Å²) in [5, 5.41) is 8.41. The Balaban J connectivity index is 1.76. The molecule has 0 unspecified atom stereocenters. The maximum absolute atomic E-state index is 14.4. The molecule has 3 nitrogen and oxygen atoms in total. The second-order valence-electron chi connectivity index (χ2n) is 5.87. The van der Waals surface area contributed by atoms with E-state index in [1.165, 1.54) is 24.1 Å². The van der Waals surface area contributed by atoms with Crippen LogP contribution in [-0.4, -0.2) is 14.4 Å². The molecule has 4 rings (SSSR count). The topological polar surface area (TPSA) is 30.7 Å². The van der Waals surface area contributed by atoms with Gasteiger partial charge in [0.2, 0.25) is 0 Å². The van der Waals surface area contributed by atoms with E-state index in [1.54, 1.807) is 40.5 Å². The fraction of sp³-hybridized carbons (Fsp3) is 0.0476. The molecule has 0 aliphatic rings. The second-order valence-corrected chi connectivity index (χ2v) is 6.76. The minimum absolute atomic E-state index is 0.263. The summed E-state index contributed by atoms with van der Waals surface area (Å²) in [5.41, 5.74) is 2.96. The van der Waals surface area contributed by atoms with Gasteiger partial charge in [-0.1, -0.05) is 65.9 Å². The lowest BCUT2D eigenvalue weighted by molar-refractivity contribution is 0.617. The summed E-state index contributed by atoms with van der Waals surface area (Å²) < 4.78 is 29.9. The summed E-state index contributed by atoms with van der Waals surface area (Å²) in [5.74, 6) is -0.242. The van der Waals surface area contributed by atoms with Crippen molar-refractivity contribution in [2.75, 3.05) is 0 Å². The van der Waals surface area contributed by atoms with Gasteiger partial charge in [0.05, 0.1) is 0 Å². The third kappa shape index (κ3) is 3.61. The van der Waals surface area contributed by atoms with Crippen molar-refractivity contribution in [1.29, 1.82) is 0 Å². The molecule has 0 fully saturated rings. The summed E-state index contributed by atoms with van der Waals surface area (Å²) in [6.07, 6.45) is 0. The highest BCUT2D eigenvalue weighted by Crippen LogP contribution is 2.34. The molecule has 0 aliphatic carbocycles. The van der Waals surface area contributed by atoms with Crippen molar-refractivity contribution in [3.8, 4) is 22.5 Å². The van der Waals surface area contributed by atoms with E-state index < -0.39 is 0 Å². The smallest absolute Gasteiger partial charge is 0.132 e. The molecule has 0 saturated heterocycles. The lowest BCUT2D eigenvalue weighted by Gasteiger charge is -2.09. The number of halogens is 2. The highest BCUT2D eigenvalue weighted by atomic mass is 32.2. The Kier molecular flexibility index (Phi) is 4.98. The van der Waals surface area contributed by atoms with Crippen molar-refractivity contribution >= 4 is 11.9 Å². The summed E-state index contributed by atoms with van der Waals surface area (Å²) in [6, 6.07) is 22.6. The zero-order valence-electron chi connectivity index (χ0n) is 14.2. The molecular formula is C21H15F2N3S. The SMILES string of the molecule is Fc1ccccc1CSn1nnc(-c2ccccc2F)c1-c1ccccc1. The molecule has 0 amide bonds. The molecule has 0 bridgehead atoms. The van der Waals surface area contributed by atoms with Crippen molar-refractivity contribution in [2.45, 2.75) is 5.75 Å². The number of aromatic nitrogens is 3. The first-order valence-corrected chi connectivity index (χ1v) is 9.31. The predicted molar refractivity (Wildman–Crippen MR) is 104 cm³/mol. The third-order valence-electron chi connectivity index (χ3n) is 4.12. The van der Waals surface area contributed by atoms with Crippen molar-refractivity contribution in [2.24, 2.45) is 0 Å². The largest absolute Gasteiger partial charge is 0.207 e. The fourth-order valence-corrected chi connectivity index (χ4v) is 3.69. The zero-order valence-corrected chi connectivity index (χ0v) is 15.0. The first kappa shape index (κ1) is 17.4. The zero-order chi connectivity index (χ0) is 18.6. The van der Waals surface area contributed by atoms with Crippen LogP contribution in [0.4, 0.5) is 8.78 Å². The van der Waals surface area contributed by atoms with Gasteiger partial charge in [-0.3, -0.25) is 0 Å². The van der Waals surface area contributed by atoms with Crippen LogP contribution in [0.3, 0.4) is 0 Å². The van der Waals surface area contributed by atoms with Crippen LogP contribution >= 0.6 is 11.9 Å². The molecule has 134 valence electrons. The molecule has 3 aromatic carbocycles. The Labute approximate surface area is 159 Å². The molecule has 0 radical (unpaired) electrons. The quantitative estimate of drug-likeness (QED) is 0.453. The maximum atomic E-state index is 14.4. The highest BCUT2D eigenvalue weighted by molar-refractivity contribution is 7.97. The molecule has 0 aliphatic heterocycles. The summed E-state index contributed by atoms with van der Waals surface area (Å²) in [7, 11) is 0. The molecule has 1 aromatic heterocycles. The average molecular weight is 379 g/mol. The summed E-state index contributed by atoms with van der Waals surface area (Å²) in [6.45, 7) is 0. The van der Waals surface area contributed by atoms with Crippen LogP contribution in [-0.2, 0) is 5.75 Å². The van der Waals surface area contributed by atoms with Crippen molar-refractivity contribution in [3.63, 3.8) is 0 Å². The number of nitrogens with zero attached hydrogens (tertiary/aromatic N) is 3. The van der Waals surface area contributed by atoms with Crippen molar-refractivity contribution in [1.82, 2.24) is 14.4 Å². The van der Waals surface area contributed by atoms with E-state index >= 15 is 0 Å². The van der Waals surface area contributed by atoms with Gasteiger partial charge in [-0.15, -0.1) is 5.10 Å². The van der Waals surface area contributed by atoms with Gasteiger partial charge < -0.3 is 0 Å². The third-order valence-corrected chi connectivity index (χ3v) is 5.06. The molecule has 1 heterocycles. The Hall–Kier alpha value is -2.99. The van der Waals surface area contributed by atoms with E-state index in [0.717, 1.165) is 5.56 Å². The first-order valence-electron chi connectivity index (χ1n) is 8.37. The van der Waals surface area contributed by atoms with E-state index in [0.29, 0.717) is 28.3 Å². The van der Waals surface area contributed by atoms with Gasteiger partial charge in [0.25, 0.3) is 0 Å². The highest BCUT2D eigenvalue weighted by Gasteiger charge is 2.19. The van der Waals surface area contributed by atoms with Gasteiger partial charge in [0.15, 0.2) is 0 Å². The van der Waals surface area contributed by atoms with Gasteiger partial charge in [-0.2, -0.15) is 4.09 Å². The van der Waals surface area contributed by atoms with Gasteiger partial charge in [0, 0.05) is 16.9 Å². The lowest BCUT2D eigenvalue weighted by Crippen LogP contribution is -1.97. The number of benzene rings is 3. The van der Waals surface area contributed by atoms with Gasteiger partial charge >= 0.3 is 0 Å². The van der Waals surface area contributed by atoms with E-state index in [-0.39, 0.29) is 11.6 Å². The molecule has 4 aromatic rings. The lowest BCUT2D eigenvalue weighted by atomic mass is 10.0. The molecule has 0 saturated carbocycles. The normalized spacial score (nSPS) is 10.9. The monoisotopic (exact) mass is 379 g/mol. The summed E-state index contributed by atoms with van der Waals surface area (Å²) >= 11 is 1.31. The van der Waals surface area contributed by atoms with Gasteiger partial charge in [-0.25, -0.2) is 8.78 Å². The maximum Gasteiger partial charge on any atom is 0.132 e. The minimum Gasteiger partial charge on any atom is -0.207 e. The van der Waals surface area contributed by atoms with Crippen molar-refractivity contribution in [3.05, 3.63) is 96.1 Å². The molecule has 0 atom stereocenters. The number of hydrogen-bond donors (Lipinski definition) is 0. The Morgan fingerprint density at radius 3 is 2.19 bits per heavy atom. The first-order chi connectivity index (χ1) is 13.2. The van der Waals surface area contributed by atoms with E-state index in [9.17, 15) is 8.78 Å². The van der Waals surface area contributed by atoms with Crippen LogP contribution in [0.2, 0.25) is 0 Å². The molecular weight excluding hydrogens is 364 g/mol. The van der Waals surface area contributed by atoms with Crippen LogP contribution in [0, 0.1) is 11.6 Å². The van der Waals surface area contributed by atoms with E-state index in [1.807, 2.05) is 30.3 Å². The minimum atomic E-state index is -0.360. The van der Waals surface area contributed by atoms with E-state index in [4.69, 9.17) is 0 Å². The van der Waals surface area contributed by atoms with Crippen LogP contribution < -0.4 is 0 Å². The Bertz CT molecular complexity index is 1060. The second kappa shape index (κ2) is 7.72. The predicted octanol–water partition coefficient (Wildman–Crippen LogP) is 5.59.